The summed E-state index contributed by atoms with van der Waals surface area (Å²) in [4.78, 5) is 0. The van der Waals surface area contributed by atoms with Gasteiger partial charge in [-0.25, -0.2) is 0 Å². The first kappa shape index (κ1) is 37.4. The molecule has 214 valence electrons. The third-order valence-corrected chi connectivity index (χ3v) is 15.1. The third-order valence-electron chi connectivity index (χ3n) is 7.20. The van der Waals surface area contributed by atoms with E-state index in [9.17, 15) is 0 Å². The van der Waals surface area contributed by atoms with E-state index in [0.29, 0.717) is 0 Å². The fraction of sp³-hybridized carbons (Fsp3) is 0.243. The molecule has 0 bridgehead atoms. The zero-order valence-corrected chi connectivity index (χ0v) is 32.7. The molecular formula is C37H42Cl2GeHf-2. The van der Waals surface area contributed by atoms with Gasteiger partial charge in [-0.3, -0.25) is 0 Å². The van der Waals surface area contributed by atoms with Crippen molar-refractivity contribution in [2.75, 3.05) is 0 Å². The molecule has 0 nitrogen and oxygen atoms in total. The molecule has 0 aromatic heterocycles. The summed E-state index contributed by atoms with van der Waals surface area (Å²) in [6.07, 6.45) is 2.21. The molecule has 0 unspecified atom stereocenters. The van der Waals surface area contributed by atoms with E-state index in [-0.39, 0.29) is 24.8 Å². The normalized spacial score (nSPS) is 9.78. The predicted molar refractivity (Wildman–Crippen MR) is 170 cm³/mol. The van der Waals surface area contributed by atoms with E-state index in [1.165, 1.54) is 76.9 Å². The predicted octanol–water partition coefficient (Wildman–Crippen LogP) is 3.57. The molecule has 0 fully saturated rings. The topological polar surface area (TPSA) is 0 Å². The van der Waals surface area contributed by atoms with Crippen LogP contribution in [0, 0.1) is 27.7 Å². The van der Waals surface area contributed by atoms with E-state index in [2.05, 4.69) is 150 Å². The number of aryl methyl sites for hydroxylation is 6. The monoisotopic (exact) mass is 810 g/mol. The quantitative estimate of drug-likeness (QED) is 0.189. The first-order valence-electron chi connectivity index (χ1n) is 14.0. The maximum Gasteiger partial charge on any atom is -1.00 e. The van der Waals surface area contributed by atoms with Crippen LogP contribution in [-0.2, 0) is 34.1 Å². The van der Waals surface area contributed by atoms with Crippen molar-refractivity contribution in [3.05, 3.63) is 137 Å². The van der Waals surface area contributed by atoms with Gasteiger partial charge in [0.05, 0.1) is 0 Å². The maximum atomic E-state index is 2.43. The Morgan fingerprint density at radius 2 is 0.902 bits per heavy atom. The second-order valence-corrected chi connectivity index (χ2v) is 28.1. The minimum Gasteiger partial charge on any atom is -1.00 e. The molecule has 0 aliphatic carbocycles. The van der Waals surface area contributed by atoms with E-state index in [0.717, 1.165) is 12.8 Å². The van der Waals surface area contributed by atoms with Crippen LogP contribution < -0.4 is 29.2 Å². The summed E-state index contributed by atoms with van der Waals surface area (Å²) in [5.74, 6) is 2.43. The van der Waals surface area contributed by atoms with Crippen molar-refractivity contribution in [3.8, 4) is 22.3 Å². The summed E-state index contributed by atoms with van der Waals surface area (Å²) < 4.78 is 1.64. The minimum atomic E-state index is -0.627. The summed E-state index contributed by atoms with van der Waals surface area (Å²) in [6, 6.07) is 37.4. The van der Waals surface area contributed by atoms with Gasteiger partial charge in [0.1, 0.15) is 0 Å². The van der Waals surface area contributed by atoms with Crippen molar-refractivity contribution in [3.63, 3.8) is 0 Å². The summed E-state index contributed by atoms with van der Waals surface area (Å²) in [5, 5.41) is 0. The van der Waals surface area contributed by atoms with Crippen LogP contribution in [-0.4, -0.2) is 10.1 Å². The van der Waals surface area contributed by atoms with Gasteiger partial charge >= 0.3 is 71.8 Å². The zero-order chi connectivity index (χ0) is 28.4. The van der Waals surface area contributed by atoms with Gasteiger partial charge in [-0.05, 0) is 12.8 Å². The van der Waals surface area contributed by atoms with Crippen LogP contribution >= 0.6 is 0 Å². The number of hydrogen-bond donors (Lipinski definition) is 0. The van der Waals surface area contributed by atoms with Gasteiger partial charge in [0.25, 0.3) is 0 Å². The molecule has 0 atom stereocenters. The standard InChI is InChI=1S/2C15H17.C7H8Ge.2ClH.Hf/c2*1-4-13-6-5-7-14(10-13)15-11(2)8-9-12(15)3;1-8-7-5-3-2-4-6-7;;;/h2*5-10H,4H2,1-3H3;2-6H,1H3;2*1H;/q2*-1;;;;+2/p-2. The molecule has 0 radical (unpaired) electrons. The molecule has 0 aliphatic rings. The summed E-state index contributed by atoms with van der Waals surface area (Å²) >= 11 is 1.42. The molecule has 0 aliphatic heterocycles. The molecule has 0 saturated heterocycles. The molecule has 41 heavy (non-hydrogen) atoms. The van der Waals surface area contributed by atoms with E-state index < -0.39 is 10.1 Å². The molecule has 5 rings (SSSR count). The molecule has 5 aromatic rings. The SMILES string of the molecule is CCc1cccc(-[c-]2c(C)ccc2C)c1.CCc1cccc(-[c-]2c(C)ccc2C)c1.[CH3][Ge](=[Hf+2])[c]1ccccc1.[Cl-].[Cl-]. The Morgan fingerprint density at radius 1 is 0.537 bits per heavy atom. The van der Waals surface area contributed by atoms with Crippen LogP contribution in [0.3, 0.4) is 0 Å². The van der Waals surface area contributed by atoms with Crippen molar-refractivity contribution in [2.24, 2.45) is 0 Å². The Morgan fingerprint density at radius 3 is 1.20 bits per heavy atom. The second kappa shape index (κ2) is 18.8. The largest absolute Gasteiger partial charge is 1.00 e. The fourth-order valence-electron chi connectivity index (χ4n) is 4.95. The van der Waals surface area contributed by atoms with Gasteiger partial charge in [0.2, 0.25) is 0 Å². The first-order valence-corrected chi connectivity index (χ1v) is 27.5. The Balaban J connectivity index is 0.000000310. The average Bonchev–Trinajstić information content (AvgIpc) is 3.48. The number of halogens is 2. The number of rotatable bonds is 5. The van der Waals surface area contributed by atoms with Crippen LogP contribution in [0.1, 0.15) is 47.2 Å². The van der Waals surface area contributed by atoms with Crippen molar-refractivity contribution >= 4 is 14.5 Å². The maximum absolute atomic E-state index is 2.43. The van der Waals surface area contributed by atoms with Gasteiger partial charge in [-0.2, -0.15) is 0 Å². The molecule has 0 saturated carbocycles. The molecule has 0 spiro atoms. The average molecular weight is 809 g/mol. The van der Waals surface area contributed by atoms with Crippen molar-refractivity contribution in [1.82, 2.24) is 0 Å². The Bertz CT molecular complexity index is 1370. The molecule has 0 heterocycles. The van der Waals surface area contributed by atoms with Crippen LogP contribution in [0.15, 0.2) is 103 Å². The Hall–Kier alpha value is -1.65. The molecule has 5 aromatic carbocycles. The van der Waals surface area contributed by atoms with E-state index in [1.807, 2.05) is 0 Å². The third kappa shape index (κ3) is 10.8. The van der Waals surface area contributed by atoms with Crippen LogP contribution in [0.4, 0.5) is 0 Å². The fourth-order valence-corrected chi connectivity index (χ4v) is 9.51. The van der Waals surface area contributed by atoms with Crippen LogP contribution in [0.25, 0.3) is 22.3 Å². The number of hydrogen-bond acceptors (Lipinski definition) is 0. The molecule has 4 heteroatoms. The van der Waals surface area contributed by atoms with Gasteiger partial charge in [0.15, 0.2) is 0 Å². The zero-order valence-electron chi connectivity index (χ0n) is 25.5. The summed E-state index contributed by atoms with van der Waals surface area (Å²) in [7, 11) is -0.627. The van der Waals surface area contributed by atoms with Crippen molar-refractivity contribution in [2.45, 2.75) is 60.1 Å². The van der Waals surface area contributed by atoms with E-state index in [4.69, 9.17) is 0 Å². The van der Waals surface area contributed by atoms with E-state index in [1.54, 1.807) is 4.40 Å². The Labute approximate surface area is 277 Å². The minimum absolute atomic E-state index is 0. The number of benzene rings is 3. The van der Waals surface area contributed by atoms with Crippen molar-refractivity contribution in [1.29, 1.82) is 0 Å². The van der Waals surface area contributed by atoms with Gasteiger partial charge in [0, 0.05) is 0 Å². The van der Waals surface area contributed by atoms with Gasteiger partial charge in [-0.1, -0.05) is 88.1 Å². The second-order valence-electron chi connectivity index (χ2n) is 10.2. The molecule has 0 N–H and O–H groups in total. The van der Waals surface area contributed by atoms with Crippen LogP contribution in [0.2, 0.25) is 5.76 Å². The Kier molecular flexibility index (Phi) is 17.1. The molecule has 0 amide bonds. The van der Waals surface area contributed by atoms with Crippen molar-refractivity contribution < 1.29 is 46.1 Å². The summed E-state index contributed by atoms with van der Waals surface area (Å²) in [5.41, 5.74) is 13.8. The van der Waals surface area contributed by atoms with E-state index >= 15 is 0 Å². The smallest absolute Gasteiger partial charge is 1.00 e. The first-order chi connectivity index (χ1) is 18.7. The summed E-state index contributed by atoms with van der Waals surface area (Å²) in [6.45, 7) is 13.1. The van der Waals surface area contributed by atoms with Gasteiger partial charge in [-0.15, -0.1) is 81.9 Å². The van der Waals surface area contributed by atoms with Crippen LogP contribution in [0.5, 0.6) is 0 Å². The molecular weight excluding hydrogens is 766 g/mol. The van der Waals surface area contributed by atoms with Gasteiger partial charge < -0.3 is 24.8 Å².